The normalized spacial score (nSPS) is 10.7. The minimum absolute atomic E-state index is 0.0802. The molecule has 2 aromatic rings. The largest absolute Gasteiger partial charge is 0.462 e. The molecule has 1 aromatic carbocycles. The molecular formula is C16H18N2O6. The first kappa shape index (κ1) is 17.6. The second kappa shape index (κ2) is 8.21. The van der Waals surface area contributed by atoms with Crippen LogP contribution in [-0.4, -0.2) is 35.3 Å². The van der Waals surface area contributed by atoms with Crippen molar-refractivity contribution in [2.45, 2.75) is 19.9 Å². The van der Waals surface area contributed by atoms with Crippen molar-refractivity contribution in [2.75, 3.05) is 19.8 Å². The molecule has 24 heavy (non-hydrogen) atoms. The molecule has 0 spiro atoms. The molecule has 0 saturated heterocycles. The van der Waals surface area contributed by atoms with Gasteiger partial charge in [-0.15, -0.1) is 0 Å². The van der Waals surface area contributed by atoms with Crippen LogP contribution in [0.5, 0.6) is 0 Å². The number of aromatic nitrogens is 1. The predicted molar refractivity (Wildman–Crippen MR) is 86.9 cm³/mol. The molecule has 0 saturated carbocycles. The zero-order valence-electron chi connectivity index (χ0n) is 13.3. The Labute approximate surface area is 137 Å². The molecule has 0 atom stereocenters. The van der Waals surface area contributed by atoms with E-state index in [1.165, 1.54) is 34.9 Å². The van der Waals surface area contributed by atoms with Gasteiger partial charge in [0.15, 0.2) is 0 Å². The predicted octanol–water partition coefficient (Wildman–Crippen LogP) is 1.88. The highest BCUT2D eigenvalue weighted by Crippen LogP contribution is 2.19. The molecule has 0 aliphatic heterocycles. The number of hydrogen-bond acceptors (Lipinski definition) is 6. The van der Waals surface area contributed by atoms with Gasteiger partial charge in [0.2, 0.25) is 0 Å². The molecule has 0 bridgehead atoms. The van der Waals surface area contributed by atoms with Crippen LogP contribution in [0.4, 0.5) is 5.69 Å². The Bertz CT molecular complexity index is 799. The summed E-state index contributed by atoms with van der Waals surface area (Å²) in [7, 11) is 0. The van der Waals surface area contributed by atoms with E-state index in [1.807, 2.05) is 6.92 Å². The number of ether oxygens (including phenoxy) is 2. The first-order valence-electron chi connectivity index (χ1n) is 7.54. The van der Waals surface area contributed by atoms with Crippen molar-refractivity contribution in [3.05, 3.63) is 50.8 Å². The van der Waals surface area contributed by atoms with Crippen LogP contribution >= 0.6 is 0 Å². The third kappa shape index (κ3) is 4.39. The van der Waals surface area contributed by atoms with E-state index in [-0.39, 0.29) is 24.4 Å². The van der Waals surface area contributed by atoms with Crippen molar-refractivity contribution >= 4 is 22.6 Å². The monoisotopic (exact) mass is 334 g/mol. The van der Waals surface area contributed by atoms with Crippen molar-refractivity contribution in [2.24, 2.45) is 0 Å². The smallest absolute Gasteiger partial charge is 0.326 e. The molecule has 0 N–H and O–H groups in total. The van der Waals surface area contributed by atoms with Crippen LogP contribution in [0, 0.1) is 10.1 Å². The number of carbonyl (C=O) groups excluding carboxylic acids is 1. The van der Waals surface area contributed by atoms with Crippen molar-refractivity contribution in [3.8, 4) is 0 Å². The lowest BCUT2D eigenvalue weighted by atomic mass is 10.2. The van der Waals surface area contributed by atoms with Crippen LogP contribution in [0.3, 0.4) is 0 Å². The zero-order valence-corrected chi connectivity index (χ0v) is 13.3. The van der Waals surface area contributed by atoms with Crippen molar-refractivity contribution in [3.63, 3.8) is 0 Å². The molecule has 0 unspecified atom stereocenters. The van der Waals surface area contributed by atoms with Gasteiger partial charge in [-0.3, -0.25) is 24.3 Å². The second-order valence-corrected chi connectivity index (χ2v) is 5.09. The van der Waals surface area contributed by atoms with Gasteiger partial charge >= 0.3 is 5.97 Å². The van der Waals surface area contributed by atoms with E-state index in [0.29, 0.717) is 24.1 Å². The van der Waals surface area contributed by atoms with Gasteiger partial charge in [-0.25, -0.2) is 0 Å². The number of nitro benzene ring substituents is 1. The van der Waals surface area contributed by atoms with Crippen molar-refractivity contribution < 1.29 is 19.2 Å². The molecule has 0 amide bonds. The quantitative estimate of drug-likeness (QED) is 0.316. The summed E-state index contributed by atoms with van der Waals surface area (Å²) >= 11 is 0. The van der Waals surface area contributed by atoms with Crippen LogP contribution in [0.2, 0.25) is 0 Å². The summed E-state index contributed by atoms with van der Waals surface area (Å²) in [5.74, 6) is -0.567. The van der Waals surface area contributed by atoms with Crippen LogP contribution in [0.15, 0.2) is 35.1 Å². The average molecular weight is 334 g/mol. The van der Waals surface area contributed by atoms with E-state index in [0.717, 1.165) is 6.42 Å². The Morgan fingerprint density at radius 3 is 2.71 bits per heavy atom. The number of non-ortho nitro benzene ring substituents is 1. The highest BCUT2D eigenvalue weighted by Gasteiger charge is 2.12. The summed E-state index contributed by atoms with van der Waals surface area (Å²) < 4.78 is 11.5. The number of pyridine rings is 1. The topological polar surface area (TPSA) is 101 Å². The Kier molecular flexibility index (Phi) is 6.02. The van der Waals surface area contributed by atoms with Gasteiger partial charge in [-0.05, 0) is 18.6 Å². The zero-order chi connectivity index (χ0) is 17.5. The highest BCUT2D eigenvalue weighted by molar-refractivity contribution is 5.82. The van der Waals surface area contributed by atoms with Gasteiger partial charge in [0.05, 0.1) is 17.0 Å². The summed E-state index contributed by atoms with van der Waals surface area (Å²) in [4.78, 5) is 34.2. The van der Waals surface area contributed by atoms with Crippen molar-refractivity contribution in [1.29, 1.82) is 0 Å². The summed E-state index contributed by atoms with van der Waals surface area (Å²) in [6.45, 7) is 2.73. The number of carbonyl (C=O) groups is 1. The Balaban J connectivity index is 2.13. The fourth-order valence-corrected chi connectivity index (χ4v) is 2.20. The van der Waals surface area contributed by atoms with E-state index >= 15 is 0 Å². The van der Waals surface area contributed by atoms with E-state index in [4.69, 9.17) is 9.47 Å². The number of esters is 1. The van der Waals surface area contributed by atoms with E-state index in [1.54, 1.807) is 0 Å². The Morgan fingerprint density at radius 1 is 1.21 bits per heavy atom. The first-order valence-corrected chi connectivity index (χ1v) is 7.54. The van der Waals surface area contributed by atoms with Gasteiger partial charge in [-0.2, -0.15) is 0 Å². The van der Waals surface area contributed by atoms with Crippen LogP contribution in [-0.2, 0) is 20.8 Å². The second-order valence-electron chi connectivity index (χ2n) is 5.09. The molecule has 8 nitrogen and oxygen atoms in total. The number of nitrogens with zero attached hydrogens (tertiary/aromatic N) is 2. The maximum atomic E-state index is 12.0. The fraction of sp³-hybridized carbons (Fsp3) is 0.375. The lowest BCUT2D eigenvalue weighted by Gasteiger charge is -2.10. The van der Waals surface area contributed by atoms with Gasteiger partial charge in [0, 0.05) is 30.2 Å². The standard InChI is InChI=1S/C16H18N2O6/c1-2-7-23-8-9-24-16(20)11-17-14-5-4-13(18(21)22)10-12(14)3-6-15(17)19/h3-6,10H,2,7-9,11H2,1H3. The van der Waals surface area contributed by atoms with Crippen LogP contribution in [0.1, 0.15) is 13.3 Å². The molecule has 2 rings (SSSR count). The minimum Gasteiger partial charge on any atom is -0.462 e. The number of fused-ring (bicyclic) bond motifs is 1. The molecular weight excluding hydrogens is 316 g/mol. The van der Waals surface area contributed by atoms with Gasteiger partial charge in [0.1, 0.15) is 13.2 Å². The maximum absolute atomic E-state index is 12.0. The Hall–Kier alpha value is -2.74. The summed E-state index contributed by atoms with van der Waals surface area (Å²) in [5.41, 5.74) is -0.0221. The fourth-order valence-electron chi connectivity index (χ4n) is 2.20. The van der Waals surface area contributed by atoms with E-state index in [9.17, 15) is 19.7 Å². The van der Waals surface area contributed by atoms with Crippen molar-refractivity contribution in [1.82, 2.24) is 4.57 Å². The van der Waals surface area contributed by atoms with Crippen LogP contribution < -0.4 is 5.56 Å². The third-order valence-electron chi connectivity index (χ3n) is 3.31. The first-order chi connectivity index (χ1) is 11.5. The molecule has 8 heteroatoms. The number of rotatable bonds is 8. The summed E-state index contributed by atoms with van der Waals surface area (Å²) in [5, 5.41) is 11.3. The highest BCUT2D eigenvalue weighted by atomic mass is 16.6. The van der Waals surface area contributed by atoms with E-state index < -0.39 is 10.9 Å². The molecule has 1 heterocycles. The SMILES string of the molecule is CCCOCCOC(=O)Cn1c(=O)ccc2cc([N+](=O)[O-])ccc21. The molecule has 128 valence electrons. The van der Waals surface area contributed by atoms with Gasteiger partial charge in [0.25, 0.3) is 11.2 Å². The van der Waals surface area contributed by atoms with Crippen LogP contribution in [0.25, 0.3) is 10.9 Å². The molecule has 0 fully saturated rings. The lowest BCUT2D eigenvalue weighted by molar-refractivity contribution is -0.384. The number of hydrogen-bond donors (Lipinski definition) is 0. The maximum Gasteiger partial charge on any atom is 0.326 e. The average Bonchev–Trinajstić information content (AvgIpc) is 2.56. The third-order valence-corrected chi connectivity index (χ3v) is 3.31. The molecule has 1 aromatic heterocycles. The van der Waals surface area contributed by atoms with E-state index in [2.05, 4.69) is 0 Å². The lowest BCUT2D eigenvalue weighted by Crippen LogP contribution is -2.25. The molecule has 0 aliphatic rings. The number of benzene rings is 1. The number of nitro groups is 1. The minimum atomic E-state index is -0.567. The molecule has 0 radical (unpaired) electrons. The van der Waals surface area contributed by atoms with Gasteiger partial charge < -0.3 is 9.47 Å². The Morgan fingerprint density at radius 2 is 2.00 bits per heavy atom. The summed E-state index contributed by atoms with van der Waals surface area (Å²) in [6.07, 6.45) is 0.880. The van der Waals surface area contributed by atoms with Gasteiger partial charge in [-0.1, -0.05) is 6.92 Å². The summed E-state index contributed by atoms with van der Waals surface area (Å²) in [6, 6.07) is 6.86. The molecule has 0 aliphatic carbocycles.